The second-order valence-corrected chi connectivity index (χ2v) is 9.97. The van der Waals surface area contributed by atoms with Gasteiger partial charge in [0, 0.05) is 13.0 Å². The highest BCUT2D eigenvalue weighted by molar-refractivity contribution is 7.85. The summed E-state index contributed by atoms with van der Waals surface area (Å²) in [7, 11) is -3.57. The van der Waals surface area contributed by atoms with Crippen molar-refractivity contribution < 1.29 is 26.9 Å². The summed E-state index contributed by atoms with van der Waals surface area (Å²) in [5.74, 6) is 0. The van der Waals surface area contributed by atoms with Crippen molar-refractivity contribution in [3.8, 4) is 0 Å². The lowest BCUT2D eigenvalue weighted by molar-refractivity contribution is -0.0827. The van der Waals surface area contributed by atoms with Gasteiger partial charge in [-0.15, -0.1) is 0 Å². The number of morpholine rings is 1. The van der Waals surface area contributed by atoms with Gasteiger partial charge in [-0.2, -0.15) is 8.42 Å². The molecule has 0 spiro atoms. The molecular formula is C18H25Cl2NO6S. The Morgan fingerprint density at radius 1 is 1.29 bits per heavy atom. The number of hydrogen-bond donors (Lipinski definition) is 0. The van der Waals surface area contributed by atoms with Gasteiger partial charge in [0.2, 0.25) is 0 Å². The molecule has 1 aliphatic rings. The van der Waals surface area contributed by atoms with E-state index in [1.54, 1.807) is 43.9 Å². The van der Waals surface area contributed by atoms with E-state index in [9.17, 15) is 13.2 Å². The molecule has 1 fully saturated rings. The van der Waals surface area contributed by atoms with Crippen LogP contribution in [0.3, 0.4) is 0 Å². The normalized spacial score (nSPS) is 20.9. The molecule has 0 N–H and O–H groups in total. The number of benzene rings is 1. The second-order valence-electron chi connectivity index (χ2n) is 7.52. The molecule has 1 aromatic carbocycles. The van der Waals surface area contributed by atoms with Crippen LogP contribution >= 0.6 is 23.2 Å². The molecule has 158 valence electrons. The van der Waals surface area contributed by atoms with Crippen LogP contribution in [-0.2, 0) is 23.8 Å². The zero-order chi connectivity index (χ0) is 21.1. The molecule has 1 saturated heterocycles. The summed E-state index contributed by atoms with van der Waals surface area (Å²) in [4.78, 5) is 14.4. The van der Waals surface area contributed by atoms with E-state index in [2.05, 4.69) is 0 Å². The van der Waals surface area contributed by atoms with Gasteiger partial charge >= 0.3 is 6.09 Å². The Bertz CT molecular complexity index is 809. The van der Waals surface area contributed by atoms with Crippen LogP contribution in [0, 0.1) is 0 Å². The molecule has 0 radical (unpaired) electrons. The Morgan fingerprint density at radius 3 is 2.54 bits per heavy atom. The standard InChI is InChI=1S/C18H25Cl2NO6S/c1-18(2,3)27-17(22)21-8-10-25-15(7-9-26-28(4,23)24)16(21)12-5-6-13(19)14(20)11-12/h5-6,11,15-16H,7-10H2,1-4H3/t15-,16?/m1/s1. The van der Waals surface area contributed by atoms with Crippen molar-refractivity contribution in [1.29, 1.82) is 0 Å². The Labute approximate surface area is 176 Å². The summed E-state index contributed by atoms with van der Waals surface area (Å²) < 4.78 is 38.7. The maximum Gasteiger partial charge on any atom is 0.410 e. The Balaban J connectivity index is 2.31. The highest BCUT2D eigenvalue weighted by Crippen LogP contribution is 2.35. The zero-order valence-electron chi connectivity index (χ0n) is 16.3. The summed E-state index contributed by atoms with van der Waals surface area (Å²) in [5, 5.41) is 0.739. The first-order chi connectivity index (χ1) is 12.9. The Morgan fingerprint density at radius 2 is 1.96 bits per heavy atom. The molecule has 0 saturated carbocycles. The lowest BCUT2D eigenvalue weighted by Gasteiger charge is -2.41. The number of carbonyl (C=O) groups is 1. The SMILES string of the molecule is CC(C)(C)OC(=O)N1CCO[C@H](CCOS(C)(=O)=O)C1c1ccc(Cl)c(Cl)c1. The van der Waals surface area contributed by atoms with E-state index in [4.69, 9.17) is 36.9 Å². The third-order valence-electron chi connectivity index (χ3n) is 3.97. The van der Waals surface area contributed by atoms with Crippen LogP contribution < -0.4 is 0 Å². The van der Waals surface area contributed by atoms with Gasteiger partial charge in [0.05, 0.1) is 41.7 Å². The van der Waals surface area contributed by atoms with E-state index in [0.717, 1.165) is 6.26 Å². The number of nitrogens with zero attached hydrogens (tertiary/aromatic N) is 1. The zero-order valence-corrected chi connectivity index (χ0v) is 18.6. The molecule has 0 bridgehead atoms. The number of hydrogen-bond acceptors (Lipinski definition) is 6. The average molecular weight is 454 g/mol. The number of ether oxygens (including phenoxy) is 2. The maximum absolute atomic E-state index is 12.8. The molecule has 0 aliphatic carbocycles. The van der Waals surface area contributed by atoms with Gasteiger partial charge in [0.1, 0.15) is 5.60 Å². The van der Waals surface area contributed by atoms with Crippen molar-refractivity contribution in [3.05, 3.63) is 33.8 Å². The lowest BCUT2D eigenvalue weighted by Crippen LogP contribution is -2.50. The van der Waals surface area contributed by atoms with Crippen LogP contribution in [0.5, 0.6) is 0 Å². The molecule has 2 rings (SSSR count). The second kappa shape index (κ2) is 9.17. The van der Waals surface area contributed by atoms with E-state index >= 15 is 0 Å². The van der Waals surface area contributed by atoms with E-state index in [1.165, 1.54) is 0 Å². The van der Waals surface area contributed by atoms with Gasteiger partial charge in [0.25, 0.3) is 10.1 Å². The molecule has 1 amide bonds. The summed E-state index contributed by atoms with van der Waals surface area (Å²) in [6, 6.07) is 4.55. The van der Waals surface area contributed by atoms with E-state index in [0.29, 0.717) is 28.8 Å². The molecule has 1 unspecified atom stereocenters. The molecule has 2 atom stereocenters. The van der Waals surface area contributed by atoms with Crippen molar-refractivity contribution in [2.75, 3.05) is 26.0 Å². The third-order valence-corrected chi connectivity index (χ3v) is 5.30. The maximum atomic E-state index is 12.8. The fraction of sp³-hybridized carbons (Fsp3) is 0.611. The van der Waals surface area contributed by atoms with Gasteiger partial charge in [-0.05, 0) is 38.5 Å². The van der Waals surface area contributed by atoms with Gasteiger partial charge in [-0.1, -0.05) is 29.3 Å². The van der Waals surface area contributed by atoms with Crippen molar-refractivity contribution in [1.82, 2.24) is 4.90 Å². The number of carbonyl (C=O) groups excluding carboxylic acids is 1. The summed E-state index contributed by atoms with van der Waals surface area (Å²) >= 11 is 12.2. The molecule has 1 aromatic rings. The van der Waals surface area contributed by atoms with Crippen molar-refractivity contribution in [3.63, 3.8) is 0 Å². The van der Waals surface area contributed by atoms with Gasteiger partial charge in [-0.3, -0.25) is 9.08 Å². The van der Waals surface area contributed by atoms with Crippen molar-refractivity contribution >= 4 is 39.4 Å². The summed E-state index contributed by atoms with van der Waals surface area (Å²) in [6.45, 7) is 5.91. The molecule has 1 aliphatic heterocycles. The largest absolute Gasteiger partial charge is 0.444 e. The van der Waals surface area contributed by atoms with Gasteiger partial charge in [0.15, 0.2) is 0 Å². The Hall–Kier alpha value is -1.06. The fourth-order valence-corrected chi connectivity index (χ4v) is 3.61. The fourth-order valence-electron chi connectivity index (χ4n) is 2.91. The monoisotopic (exact) mass is 453 g/mol. The number of halogens is 2. The number of amides is 1. The smallest absolute Gasteiger partial charge is 0.410 e. The summed E-state index contributed by atoms with van der Waals surface area (Å²) in [6.07, 6.45) is 0.260. The predicted octanol–water partition coefficient (Wildman–Crippen LogP) is 4.04. The Kier molecular flexibility index (Phi) is 7.61. The van der Waals surface area contributed by atoms with Crippen LogP contribution in [0.2, 0.25) is 10.0 Å². The number of rotatable bonds is 5. The topological polar surface area (TPSA) is 82.1 Å². The summed E-state index contributed by atoms with van der Waals surface area (Å²) in [5.41, 5.74) is 0.0521. The van der Waals surface area contributed by atoms with E-state index in [-0.39, 0.29) is 13.0 Å². The lowest BCUT2D eigenvalue weighted by atomic mass is 9.96. The average Bonchev–Trinajstić information content (AvgIpc) is 2.54. The van der Waals surface area contributed by atoms with Crippen LogP contribution in [-0.4, -0.2) is 57.1 Å². The van der Waals surface area contributed by atoms with Crippen molar-refractivity contribution in [2.24, 2.45) is 0 Å². The minimum Gasteiger partial charge on any atom is -0.444 e. The quantitative estimate of drug-likeness (QED) is 0.625. The van der Waals surface area contributed by atoms with Crippen LogP contribution in [0.4, 0.5) is 4.79 Å². The molecule has 1 heterocycles. The highest BCUT2D eigenvalue weighted by Gasteiger charge is 2.38. The first-order valence-corrected chi connectivity index (χ1v) is 11.4. The van der Waals surface area contributed by atoms with Crippen LogP contribution in [0.15, 0.2) is 18.2 Å². The molecule has 7 nitrogen and oxygen atoms in total. The molecular weight excluding hydrogens is 429 g/mol. The first kappa shape index (κ1) is 23.2. The van der Waals surface area contributed by atoms with Gasteiger partial charge in [-0.25, -0.2) is 4.79 Å². The molecule has 0 aromatic heterocycles. The van der Waals surface area contributed by atoms with Crippen molar-refractivity contribution in [2.45, 2.75) is 44.9 Å². The van der Waals surface area contributed by atoms with E-state index in [1.807, 2.05) is 0 Å². The minimum absolute atomic E-state index is 0.0660. The third kappa shape index (κ3) is 6.77. The van der Waals surface area contributed by atoms with Crippen LogP contribution in [0.1, 0.15) is 38.8 Å². The molecule has 28 heavy (non-hydrogen) atoms. The van der Waals surface area contributed by atoms with E-state index < -0.39 is 34.0 Å². The van der Waals surface area contributed by atoms with Crippen LogP contribution in [0.25, 0.3) is 0 Å². The molecule has 10 heteroatoms. The predicted molar refractivity (Wildman–Crippen MR) is 107 cm³/mol. The first-order valence-electron chi connectivity index (χ1n) is 8.78. The highest BCUT2D eigenvalue weighted by atomic mass is 35.5. The van der Waals surface area contributed by atoms with Gasteiger partial charge < -0.3 is 9.47 Å². The minimum atomic E-state index is -3.57.